The Bertz CT molecular complexity index is 1070. The first-order chi connectivity index (χ1) is 12.8. The predicted octanol–water partition coefficient (Wildman–Crippen LogP) is 4.54. The summed E-state index contributed by atoms with van der Waals surface area (Å²) < 4.78 is 5.74. The summed E-state index contributed by atoms with van der Waals surface area (Å²) in [6.45, 7) is 0. The number of nitrogens with zero attached hydrogens (tertiary/aromatic N) is 2. The first-order valence-electron chi connectivity index (χ1n) is 8.13. The van der Waals surface area contributed by atoms with Crippen molar-refractivity contribution < 1.29 is 9.21 Å². The molecule has 0 aliphatic carbocycles. The number of amides is 1. The van der Waals surface area contributed by atoms with Gasteiger partial charge in [0.25, 0.3) is 0 Å². The number of rotatable bonds is 4. The second-order valence-corrected chi connectivity index (χ2v) is 5.68. The van der Waals surface area contributed by atoms with Gasteiger partial charge in [-0.15, -0.1) is 0 Å². The van der Waals surface area contributed by atoms with E-state index in [1.807, 2.05) is 42.5 Å². The van der Waals surface area contributed by atoms with Crippen molar-refractivity contribution in [1.29, 1.82) is 0 Å². The van der Waals surface area contributed by atoms with E-state index in [0.29, 0.717) is 22.7 Å². The Balaban J connectivity index is 1.52. The van der Waals surface area contributed by atoms with Crippen LogP contribution in [-0.4, -0.2) is 15.9 Å². The molecule has 0 aliphatic heterocycles. The van der Waals surface area contributed by atoms with Gasteiger partial charge in [-0.05, 0) is 42.0 Å². The van der Waals surface area contributed by atoms with E-state index in [4.69, 9.17) is 4.42 Å². The molecule has 0 aliphatic rings. The molecule has 0 bridgehead atoms. The van der Waals surface area contributed by atoms with Gasteiger partial charge in [0.15, 0.2) is 5.58 Å². The fourth-order valence-corrected chi connectivity index (χ4v) is 2.54. The molecule has 4 aromatic rings. The third-order valence-electron chi connectivity index (χ3n) is 3.79. The van der Waals surface area contributed by atoms with Crippen LogP contribution in [0.2, 0.25) is 0 Å². The van der Waals surface area contributed by atoms with Crippen LogP contribution >= 0.6 is 0 Å². The number of aromatic nitrogens is 2. The highest BCUT2D eigenvalue weighted by Crippen LogP contribution is 2.25. The zero-order chi connectivity index (χ0) is 17.8. The van der Waals surface area contributed by atoms with Gasteiger partial charge in [0.1, 0.15) is 5.52 Å². The molecular formula is C21H15N3O2. The highest BCUT2D eigenvalue weighted by molar-refractivity contribution is 6.02. The molecule has 0 radical (unpaired) electrons. The third-order valence-corrected chi connectivity index (χ3v) is 3.79. The lowest BCUT2D eigenvalue weighted by Gasteiger charge is -2.01. The summed E-state index contributed by atoms with van der Waals surface area (Å²) in [7, 11) is 0. The molecular weight excluding hydrogens is 326 g/mol. The van der Waals surface area contributed by atoms with E-state index in [2.05, 4.69) is 15.3 Å². The first-order valence-corrected chi connectivity index (χ1v) is 8.13. The molecule has 126 valence electrons. The Labute approximate surface area is 150 Å². The van der Waals surface area contributed by atoms with Gasteiger partial charge < -0.3 is 9.73 Å². The van der Waals surface area contributed by atoms with E-state index in [-0.39, 0.29) is 5.91 Å². The molecule has 2 heterocycles. The number of hydrogen-bond acceptors (Lipinski definition) is 4. The lowest BCUT2D eigenvalue weighted by molar-refractivity contribution is -0.111. The average molecular weight is 341 g/mol. The van der Waals surface area contributed by atoms with Crippen LogP contribution in [0.25, 0.3) is 28.6 Å². The smallest absolute Gasteiger partial charge is 0.248 e. The highest BCUT2D eigenvalue weighted by atomic mass is 16.3. The zero-order valence-electron chi connectivity index (χ0n) is 13.8. The van der Waals surface area contributed by atoms with Crippen molar-refractivity contribution in [1.82, 2.24) is 9.97 Å². The van der Waals surface area contributed by atoms with Crippen LogP contribution in [0.4, 0.5) is 5.69 Å². The normalized spacial score (nSPS) is 11.1. The van der Waals surface area contributed by atoms with Gasteiger partial charge in [-0.3, -0.25) is 9.78 Å². The van der Waals surface area contributed by atoms with Crippen LogP contribution in [-0.2, 0) is 4.79 Å². The number of oxazole rings is 1. The molecule has 0 saturated carbocycles. The van der Waals surface area contributed by atoms with Crippen molar-refractivity contribution in [2.24, 2.45) is 0 Å². The van der Waals surface area contributed by atoms with Crippen molar-refractivity contribution in [3.8, 4) is 11.5 Å². The van der Waals surface area contributed by atoms with Crippen molar-refractivity contribution in [2.45, 2.75) is 0 Å². The van der Waals surface area contributed by atoms with Crippen LogP contribution in [0.15, 0.2) is 83.6 Å². The van der Waals surface area contributed by atoms with Crippen LogP contribution in [0, 0.1) is 0 Å². The van der Waals surface area contributed by atoms with E-state index < -0.39 is 0 Å². The molecule has 1 amide bonds. The Kier molecular flexibility index (Phi) is 4.26. The van der Waals surface area contributed by atoms with Crippen LogP contribution in [0.1, 0.15) is 5.56 Å². The van der Waals surface area contributed by atoms with Gasteiger partial charge in [-0.1, -0.05) is 30.3 Å². The van der Waals surface area contributed by atoms with Crippen LogP contribution in [0.3, 0.4) is 0 Å². The summed E-state index contributed by atoms with van der Waals surface area (Å²) in [6.07, 6.45) is 6.67. The van der Waals surface area contributed by atoms with E-state index >= 15 is 0 Å². The Morgan fingerprint density at radius 2 is 1.92 bits per heavy atom. The number of fused-ring (bicyclic) bond motifs is 1. The largest absolute Gasteiger partial charge is 0.436 e. The van der Waals surface area contributed by atoms with Gasteiger partial charge >= 0.3 is 0 Å². The van der Waals surface area contributed by atoms with Gasteiger partial charge in [0, 0.05) is 24.2 Å². The quantitative estimate of drug-likeness (QED) is 0.553. The van der Waals surface area contributed by atoms with Gasteiger partial charge in [0.2, 0.25) is 11.8 Å². The minimum absolute atomic E-state index is 0.204. The molecule has 5 nitrogen and oxygen atoms in total. The zero-order valence-corrected chi connectivity index (χ0v) is 13.8. The molecule has 0 atom stereocenters. The number of hydrogen-bond donors (Lipinski definition) is 1. The van der Waals surface area contributed by atoms with Crippen molar-refractivity contribution >= 4 is 28.8 Å². The minimum Gasteiger partial charge on any atom is -0.436 e. The fourth-order valence-electron chi connectivity index (χ4n) is 2.54. The SMILES string of the molecule is O=C(C=Cc1ccccc1)Nc1ccc2oc(-c3cccnc3)nc2c1. The maximum Gasteiger partial charge on any atom is 0.248 e. The summed E-state index contributed by atoms with van der Waals surface area (Å²) in [5.74, 6) is 0.296. The standard InChI is InChI=1S/C21H15N3O2/c25-20(11-8-15-5-2-1-3-6-15)23-17-9-10-19-18(13-17)24-21(26-19)16-7-4-12-22-14-16/h1-14H,(H,23,25). The van der Waals surface area contributed by atoms with Gasteiger partial charge in [0.05, 0.1) is 5.56 Å². The monoisotopic (exact) mass is 341 g/mol. The lowest BCUT2D eigenvalue weighted by Crippen LogP contribution is -2.07. The second-order valence-electron chi connectivity index (χ2n) is 5.68. The summed E-state index contributed by atoms with van der Waals surface area (Å²) in [6, 6.07) is 18.7. The van der Waals surface area contributed by atoms with Gasteiger partial charge in [-0.25, -0.2) is 4.98 Å². The van der Waals surface area contributed by atoms with Crippen LogP contribution < -0.4 is 5.32 Å². The van der Waals surface area contributed by atoms with E-state index in [0.717, 1.165) is 11.1 Å². The second kappa shape index (κ2) is 7.03. The first kappa shape index (κ1) is 15.8. The molecule has 26 heavy (non-hydrogen) atoms. The highest BCUT2D eigenvalue weighted by Gasteiger charge is 2.09. The maximum absolute atomic E-state index is 12.1. The van der Waals surface area contributed by atoms with Gasteiger partial charge in [-0.2, -0.15) is 0 Å². The van der Waals surface area contributed by atoms with Crippen LogP contribution in [0.5, 0.6) is 0 Å². The number of benzene rings is 2. The number of nitrogens with one attached hydrogen (secondary N) is 1. The molecule has 2 aromatic heterocycles. The summed E-state index contributed by atoms with van der Waals surface area (Å²) in [5, 5.41) is 2.83. The maximum atomic E-state index is 12.1. The molecule has 1 N–H and O–H groups in total. The minimum atomic E-state index is -0.204. The van der Waals surface area contributed by atoms with Crippen molar-refractivity contribution in [3.63, 3.8) is 0 Å². The molecule has 0 spiro atoms. The predicted molar refractivity (Wildman–Crippen MR) is 101 cm³/mol. The Morgan fingerprint density at radius 1 is 1.04 bits per heavy atom. The molecule has 5 heteroatoms. The summed E-state index contributed by atoms with van der Waals surface area (Å²) in [4.78, 5) is 20.6. The van der Waals surface area contributed by atoms with Crippen molar-refractivity contribution in [2.75, 3.05) is 5.32 Å². The average Bonchev–Trinajstić information content (AvgIpc) is 3.11. The fraction of sp³-hybridized carbons (Fsp3) is 0. The molecule has 4 rings (SSSR count). The number of carbonyl (C=O) groups is 1. The Hall–Kier alpha value is -3.73. The summed E-state index contributed by atoms with van der Waals surface area (Å²) >= 11 is 0. The Morgan fingerprint density at radius 3 is 2.73 bits per heavy atom. The lowest BCUT2D eigenvalue weighted by atomic mass is 10.2. The molecule has 0 saturated heterocycles. The van der Waals surface area contributed by atoms with E-state index in [1.54, 1.807) is 36.7 Å². The van der Waals surface area contributed by atoms with E-state index in [9.17, 15) is 4.79 Å². The van der Waals surface area contributed by atoms with E-state index in [1.165, 1.54) is 6.08 Å². The third kappa shape index (κ3) is 3.52. The summed E-state index contributed by atoms with van der Waals surface area (Å²) in [5.41, 5.74) is 3.76. The van der Waals surface area contributed by atoms with Crippen molar-refractivity contribution in [3.05, 3.63) is 84.7 Å². The molecule has 0 fully saturated rings. The topological polar surface area (TPSA) is 68.0 Å². The number of carbonyl (C=O) groups excluding carboxylic acids is 1. The molecule has 0 unspecified atom stereocenters. The number of anilines is 1. The molecule has 2 aromatic carbocycles. The number of pyridine rings is 1.